The van der Waals surface area contributed by atoms with E-state index in [-0.39, 0.29) is 12.5 Å². The average Bonchev–Trinajstić information content (AvgIpc) is 2.63. The van der Waals surface area contributed by atoms with Gasteiger partial charge in [-0.25, -0.2) is 0 Å². The van der Waals surface area contributed by atoms with Crippen LogP contribution in [0.25, 0.3) is 0 Å². The van der Waals surface area contributed by atoms with E-state index in [4.69, 9.17) is 0 Å². The Morgan fingerprint density at radius 3 is 2.44 bits per heavy atom. The largest absolute Gasteiger partial charge is 0.389 e. The van der Waals surface area contributed by atoms with Crippen molar-refractivity contribution in [2.75, 3.05) is 26.2 Å². The number of alkyl halides is 3. The Kier molecular flexibility index (Phi) is 5.55. The van der Waals surface area contributed by atoms with Crippen molar-refractivity contribution in [2.45, 2.75) is 44.8 Å². The smallest absolute Gasteiger partial charge is 0.313 e. The number of hydrogen-bond acceptors (Lipinski definition) is 2. The lowest BCUT2D eigenvalue weighted by Crippen LogP contribution is -2.38. The fraction of sp³-hybridized carbons (Fsp3) is 1.00. The van der Waals surface area contributed by atoms with Crippen molar-refractivity contribution in [3.8, 4) is 0 Å². The van der Waals surface area contributed by atoms with E-state index in [0.29, 0.717) is 6.54 Å². The lowest BCUT2D eigenvalue weighted by Gasteiger charge is -2.21. The van der Waals surface area contributed by atoms with Crippen LogP contribution in [-0.2, 0) is 0 Å². The van der Waals surface area contributed by atoms with Crippen LogP contribution in [0.15, 0.2) is 0 Å². The van der Waals surface area contributed by atoms with Gasteiger partial charge in [-0.1, -0.05) is 0 Å². The van der Waals surface area contributed by atoms with Crippen LogP contribution in [0.4, 0.5) is 13.2 Å². The minimum atomic E-state index is -4.01. The summed E-state index contributed by atoms with van der Waals surface area (Å²) in [5.41, 5.74) is 0. The van der Waals surface area contributed by atoms with Gasteiger partial charge in [-0.3, -0.25) is 0 Å². The van der Waals surface area contributed by atoms with Gasteiger partial charge < -0.3 is 10.2 Å². The first kappa shape index (κ1) is 13.8. The first-order valence-corrected chi connectivity index (χ1v) is 6.00. The van der Waals surface area contributed by atoms with Crippen LogP contribution < -0.4 is 5.32 Å². The summed E-state index contributed by atoms with van der Waals surface area (Å²) >= 11 is 0. The number of rotatable bonds is 6. The molecule has 0 spiro atoms. The molecule has 5 heteroatoms. The highest BCUT2D eigenvalue weighted by Gasteiger charge is 2.26. The summed E-state index contributed by atoms with van der Waals surface area (Å²) in [6.07, 6.45) is -2.02. The van der Waals surface area contributed by atoms with Gasteiger partial charge in [0.25, 0.3) is 0 Å². The van der Waals surface area contributed by atoms with Gasteiger partial charge in [-0.15, -0.1) is 0 Å². The molecular formula is C11H21F3N2. The molecule has 96 valence electrons. The predicted octanol–water partition coefficient (Wildman–Crippen LogP) is 2.40. The number of likely N-dealkylation sites (tertiary alicyclic amines) is 1. The minimum absolute atomic E-state index is 0.174. The van der Waals surface area contributed by atoms with Crippen molar-refractivity contribution in [3.63, 3.8) is 0 Å². The van der Waals surface area contributed by atoms with Crippen LogP contribution >= 0.6 is 0 Å². The quantitative estimate of drug-likeness (QED) is 0.715. The topological polar surface area (TPSA) is 15.3 Å². The molecule has 0 aromatic rings. The predicted molar refractivity (Wildman–Crippen MR) is 58.4 cm³/mol. The second-order valence-electron chi connectivity index (χ2n) is 4.58. The first-order valence-electron chi connectivity index (χ1n) is 6.00. The summed E-state index contributed by atoms with van der Waals surface area (Å²) in [6, 6.07) is 0.284. The number of nitrogens with one attached hydrogen (secondary N) is 1. The number of halogens is 3. The van der Waals surface area contributed by atoms with Gasteiger partial charge in [0, 0.05) is 19.0 Å². The molecule has 1 saturated heterocycles. The van der Waals surface area contributed by atoms with Crippen molar-refractivity contribution in [3.05, 3.63) is 0 Å². The fourth-order valence-electron chi connectivity index (χ4n) is 2.05. The Bertz CT molecular complexity index is 188. The maximum atomic E-state index is 11.9. The summed E-state index contributed by atoms with van der Waals surface area (Å²) < 4.78 is 35.6. The molecule has 0 bridgehead atoms. The summed E-state index contributed by atoms with van der Waals surface area (Å²) in [4.78, 5) is 2.36. The molecule has 0 radical (unpaired) electrons. The van der Waals surface area contributed by atoms with Crippen molar-refractivity contribution in [1.29, 1.82) is 0 Å². The molecule has 0 aliphatic carbocycles. The van der Waals surface area contributed by atoms with Crippen LogP contribution in [0.1, 0.15) is 32.6 Å². The highest BCUT2D eigenvalue weighted by Crippen LogP contribution is 2.20. The van der Waals surface area contributed by atoms with Crippen LogP contribution in [-0.4, -0.2) is 43.3 Å². The lowest BCUT2D eigenvalue weighted by atomic mass is 10.2. The standard InChI is InChI=1S/C11H21F3N2/c1-10(9-16-7-2-3-8-16)15-6-4-5-11(12,13)14/h10,15H,2-9H2,1H3. The summed E-state index contributed by atoms with van der Waals surface area (Å²) in [5.74, 6) is 0. The van der Waals surface area contributed by atoms with Gasteiger partial charge >= 0.3 is 6.18 Å². The Balaban J connectivity index is 1.99. The first-order chi connectivity index (χ1) is 7.47. The molecule has 2 nitrogen and oxygen atoms in total. The molecule has 1 aliphatic heterocycles. The minimum Gasteiger partial charge on any atom is -0.313 e. The third kappa shape index (κ3) is 6.33. The van der Waals surface area contributed by atoms with Gasteiger partial charge in [0.15, 0.2) is 0 Å². The second kappa shape index (κ2) is 6.45. The Morgan fingerprint density at radius 2 is 1.88 bits per heavy atom. The summed E-state index contributed by atoms with van der Waals surface area (Å²) in [6.45, 7) is 5.70. The van der Waals surface area contributed by atoms with Crippen molar-refractivity contribution in [2.24, 2.45) is 0 Å². The van der Waals surface area contributed by atoms with E-state index in [2.05, 4.69) is 10.2 Å². The molecule has 0 aromatic heterocycles. The van der Waals surface area contributed by atoms with E-state index < -0.39 is 12.6 Å². The zero-order valence-electron chi connectivity index (χ0n) is 9.82. The zero-order valence-corrected chi connectivity index (χ0v) is 9.82. The molecule has 0 saturated carbocycles. The average molecular weight is 238 g/mol. The van der Waals surface area contributed by atoms with Gasteiger partial charge in [0.1, 0.15) is 0 Å². The van der Waals surface area contributed by atoms with Crippen LogP contribution in [0.5, 0.6) is 0 Å². The Hall–Kier alpha value is -0.290. The maximum Gasteiger partial charge on any atom is 0.389 e. The van der Waals surface area contributed by atoms with Crippen molar-refractivity contribution < 1.29 is 13.2 Å². The normalized spacial score (nSPS) is 20.2. The van der Waals surface area contributed by atoms with E-state index >= 15 is 0 Å². The van der Waals surface area contributed by atoms with Gasteiger partial charge in [0.2, 0.25) is 0 Å². The molecule has 16 heavy (non-hydrogen) atoms. The van der Waals surface area contributed by atoms with E-state index in [9.17, 15) is 13.2 Å². The Labute approximate surface area is 95.2 Å². The monoisotopic (exact) mass is 238 g/mol. The molecule has 1 fully saturated rings. The molecule has 0 aromatic carbocycles. The molecule has 1 N–H and O–H groups in total. The molecule has 1 aliphatic rings. The number of hydrogen-bond donors (Lipinski definition) is 1. The van der Waals surface area contributed by atoms with E-state index in [0.717, 1.165) is 19.6 Å². The fourth-order valence-corrected chi connectivity index (χ4v) is 2.05. The lowest BCUT2D eigenvalue weighted by molar-refractivity contribution is -0.135. The Morgan fingerprint density at radius 1 is 1.25 bits per heavy atom. The molecule has 1 heterocycles. The third-order valence-electron chi connectivity index (χ3n) is 2.86. The SMILES string of the molecule is CC(CN1CCCC1)NCCCC(F)(F)F. The number of nitrogens with zero attached hydrogens (tertiary/aromatic N) is 1. The molecular weight excluding hydrogens is 217 g/mol. The van der Waals surface area contributed by atoms with Gasteiger partial charge in [-0.2, -0.15) is 13.2 Å². The van der Waals surface area contributed by atoms with Gasteiger partial charge in [-0.05, 0) is 45.8 Å². The van der Waals surface area contributed by atoms with Crippen LogP contribution in [0.3, 0.4) is 0 Å². The third-order valence-corrected chi connectivity index (χ3v) is 2.86. The second-order valence-corrected chi connectivity index (χ2v) is 4.58. The molecule has 0 amide bonds. The maximum absolute atomic E-state index is 11.9. The van der Waals surface area contributed by atoms with E-state index in [1.54, 1.807) is 0 Å². The molecule has 1 atom stereocenters. The molecule has 1 rings (SSSR count). The van der Waals surface area contributed by atoms with Crippen LogP contribution in [0, 0.1) is 0 Å². The van der Waals surface area contributed by atoms with Gasteiger partial charge in [0.05, 0.1) is 0 Å². The van der Waals surface area contributed by atoms with Crippen LogP contribution in [0.2, 0.25) is 0 Å². The zero-order chi connectivity index (χ0) is 12.0. The highest BCUT2D eigenvalue weighted by atomic mass is 19.4. The van der Waals surface area contributed by atoms with Crippen molar-refractivity contribution in [1.82, 2.24) is 10.2 Å². The van der Waals surface area contributed by atoms with Crippen molar-refractivity contribution >= 4 is 0 Å². The highest BCUT2D eigenvalue weighted by molar-refractivity contribution is 4.72. The summed E-state index contributed by atoms with van der Waals surface area (Å²) in [7, 11) is 0. The molecule has 1 unspecified atom stereocenters. The van der Waals surface area contributed by atoms with E-state index in [1.165, 1.54) is 12.8 Å². The summed E-state index contributed by atoms with van der Waals surface area (Å²) in [5, 5.41) is 3.14. The van der Waals surface area contributed by atoms with E-state index in [1.807, 2.05) is 6.92 Å².